The van der Waals surface area contributed by atoms with Gasteiger partial charge in [-0.2, -0.15) is 0 Å². The summed E-state index contributed by atoms with van der Waals surface area (Å²) >= 11 is -1.57. The minimum absolute atomic E-state index is 0.0664. The molecule has 0 radical (unpaired) electrons. The van der Waals surface area contributed by atoms with Gasteiger partial charge < -0.3 is 9.66 Å². The average Bonchev–Trinajstić information content (AvgIpc) is 2.55. The van der Waals surface area contributed by atoms with E-state index < -0.39 is 38.7 Å². The van der Waals surface area contributed by atoms with Crippen molar-refractivity contribution in [3.05, 3.63) is 60.7 Å². The smallest absolute Gasteiger partial charge is 0.312 e. The predicted molar refractivity (Wildman–Crippen MR) is 87.3 cm³/mol. The summed E-state index contributed by atoms with van der Waals surface area (Å²) in [5.41, 5.74) is 0. The summed E-state index contributed by atoms with van der Waals surface area (Å²) in [5, 5.41) is 9.28. The monoisotopic (exact) mass is 352 g/mol. The minimum Gasteiger partial charge on any atom is -0.611 e. The quantitative estimate of drug-likeness (QED) is 0.769. The lowest BCUT2D eigenvalue weighted by Crippen LogP contribution is -2.30. The molecule has 1 N–H and O–H groups in total. The van der Waals surface area contributed by atoms with Crippen LogP contribution < -0.4 is 0 Å². The SMILES string of the molecule is O=C(O)C(C[S+]([O-])c1ccccc1)CS(=O)(=O)c1ccccc1. The Bertz CT molecular complexity index is 745. The zero-order chi connectivity index (χ0) is 16.9. The zero-order valence-corrected chi connectivity index (χ0v) is 13.8. The minimum atomic E-state index is -3.75. The normalized spacial score (nSPS) is 14.1. The van der Waals surface area contributed by atoms with Crippen LogP contribution in [0.5, 0.6) is 0 Å². The van der Waals surface area contributed by atoms with Crippen LogP contribution in [0.2, 0.25) is 0 Å². The third-order valence-corrected chi connectivity index (χ3v) is 6.57. The molecule has 122 valence electrons. The molecule has 0 heterocycles. The highest BCUT2D eigenvalue weighted by Crippen LogP contribution is 2.19. The molecule has 5 nitrogen and oxygen atoms in total. The van der Waals surface area contributed by atoms with E-state index in [2.05, 4.69) is 0 Å². The number of carbonyl (C=O) groups is 1. The molecule has 0 amide bonds. The van der Waals surface area contributed by atoms with E-state index in [1.807, 2.05) is 0 Å². The summed E-state index contributed by atoms with van der Waals surface area (Å²) in [7, 11) is -3.75. The van der Waals surface area contributed by atoms with Gasteiger partial charge in [0.25, 0.3) is 0 Å². The Morgan fingerprint density at radius 1 is 1.04 bits per heavy atom. The lowest BCUT2D eigenvalue weighted by molar-refractivity contribution is -0.140. The third kappa shape index (κ3) is 4.82. The molecule has 0 saturated carbocycles. The Hall–Kier alpha value is -1.83. The van der Waals surface area contributed by atoms with Gasteiger partial charge in [-0.25, -0.2) is 8.42 Å². The van der Waals surface area contributed by atoms with Crippen molar-refractivity contribution in [2.24, 2.45) is 5.92 Å². The van der Waals surface area contributed by atoms with Crippen molar-refractivity contribution in [1.82, 2.24) is 0 Å². The molecule has 7 heteroatoms. The maximum absolute atomic E-state index is 12.3. The van der Waals surface area contributed by atoms with Crippen molar-refractivity contribution in [1.29, 1.82) is 0 Å². The molecule has 0 aliphatic heterocycles. The predicted octanol–water partition coefficient (Wildman–Crippen LogP) is 1.97. The van der Waals surface area contributed by atoms with E-state index in [1.165, 1.54) is 12.1 Å². The molecule has 23 heavy (non-hydrogen) atoms. The highest BCUT2D eigenvalue weighted by molar-refractivity contribution is 7.92. The fraction of sp³-hybridized carbons (Fsp3) is 0.188. The molecule has 0 aliphatic rings. The Kier molecular flexibility index (Phi) is 5.81. The van der Waals surface area contributed by atoms with Gasteiger partial charge in [-0.1, -0.05) is 36.4 Å². The van der Waals surface area contributed by atoms with Crippen molar-refractivity contribution in [2.45, 2.75) is 9.79 Å². The van der Waals surface area contributed by atoms with E-state index in [1.54, 1.807) is 48.5 Å². The van der Waals surface area contributed by atoms with Crippen molar-refractivity contribution >= 4 is 27.0 Å². The summed E-state index contributed by atoms with van der Waals surface area (Å²) in [6, 6.07) is 16.1. The lowest BCUT2D eigenvalue weighted by Gasteiger charge is -2.16. The van der Waals surface area contributed by atoms with E-state index >= 15 is 0 Å². The first-order valence-corrected chi connectivity index (χ1v) is 9.81. The van der Waals surface area contributed by atoms with Gasteiger partial charge in [0, 0.05) is 0 Å². The summed E-state index contributed by atoms with van der Waals surface area (Å²) in [6.45, 7) is 0. The number of aliphatic carboxylic acids is 1. The van der Waals surface area contributed by atoms with Crippen LogP contribution in [0.4, 0.5) is 0 Å². The van der Waals surface area contributed by atoms with Gasteiger partial charge >= 0.3 is 5.97 Å². The second kappa shape index (κ2) is 7.63. The maximum atomic E-state index is 12.3. The Morgan fingerprint density at radius 3 is 2.09 bits per heavy atom. The Balaban J connectivity index is 2.15. The Morgan fingerprint density at radius 2 is 1.57 bits per heavy atom. The fourth-order valence-corrected chi connectivity index (χ4v) is 5.01. The first-order valence-electron chi connectivity index (χ1n) is 6.84. The van der Waals surface area contributed by atoms with Gasteiger partial charge in [-0.3, -0.25) is 4.79 Å². The summed E-state index contributed by atoms with van der Waals surface area (Å²) in [4.78, 5) is 11.9. The molecular formula is C16H16O5S2. The second-order valence-electron chi connectivity index (χ2n) is 4.95. The molecule has 2 aromatic rings. The summed E-state index contributed by atoms with van der Waals surface area (Å²) in [5.74, 6) is -3.33. The third-order valence-electron chi connectivity index (χ3n) is 3.23. The van der Waals surface area contributed by atoms with Gasteiger partial charge in [0.1, 0.15) is 11.7 Å². The van der Waals surface area contributed by atoms with Crippen LogP contribution in [0.15, 0.2) is 70.5 Å². The average molecular weight is 352 g/mol. The molecule has 0 bridgehead atoms. The molecule has 0 aliphatic carbocycles. The molecular weight excluding hydrogens is 336 g/mol. The highest BCUT2D eigenvalue weighted by atomic mass is 32.2. The first kappa shape index (κ1) is 17.5. The number of benzene rings is 2. The van der Waals surface area contributed by atoms with Crippen LogP contribution in [0.3, 0.4) is 0 Å². The van der Waals surface area contributed by atoms with Gasteiger partial charge in [0.15, 0.2) is 14.7 Å². The second-order valence-corrected chi connectivity index (χ2v) is 8.48. The van der Waals surface area contributed by atoms with Crippen LogP contribution >= 0.6 is 0 Å². The first-order chi connectivity index (χ1) is 10.9. The van der Waals surface area contributed by atoms with Crippen LogP contribution in [0.1, 0.15) is 0 Å². The topological polar surface area (TPSA) is 94.5 Å². The van der Waals surface area contributed by atoms with Gasteiger partial charge in [0.05, 0.1) is 10.6 Å². The lowest BCUT2D eigenvalue weighted by atomic mass is 10.2. The fourth-order valence-electron chi connectivity index (χ4n) is 2.03. The van der Waals surface area contributed by atoms with Crippen molar-refractivity contribution in [3.8, 4) is 0 Å². The number of carboxylic acid groups (broad SMARTS) is 1. The van der Waals surface area contributed by atoms with Crippen LogP contribution in [-0.4, -0.2) is 35.6 Å². The van der Waals surface area contributed by atoms with Gasteiger partial charge in [-0.05, 0) is 35.4 Å². The van der Waals surface area contributed by atoms with Gasteiger partial charge in [-0.15, -0.1) is 0 Å². The molecule has 0 spiro atoms. The van der Waals surface area contributed by atoms with Crippen molar-refractivity contribution in [2.75, 3.05) is 11.5 Å². The van der Waals surface area contributed by atoms with Crippen LogP contribution in [-0.2, 0) is 25.8 Å². The largest absolute Gasteiger partial charge is 0.611 e. The van der Waals surface area contributed by atoms with Crippen molar-refractivity contribution in [3.63, 3.8) is 0 Å². The standard InChI is InChI=1S/C16H16O5S2/c17-16(18)13(11-22(19)14-7-3-1-4-8-14)12-23(20,21)15-9-5-2-6-10-15/h1-10,13H,11-12H2,(H,17,18). The maximum Gasteiger partial charge on any atom is 0.312 e. The zero-order valence-electron chi connectivity index (χ0n) is 12.2. The number of hydrogen-bond donors (Lipinski definition) is 1. The number of hydrogen-bond acceptors (Lipinski definition) is 4. The number of rotatable bonds is 7. The molecule has 2 aromatic carbocycles. The molecule has 2 atom stereocenters. The highest BCUT2D eigenvalue weighted by Gasteiger charge is 2.31. The molecule has 0 aromatic heterocycles. The summed E-state index contributed by atoms with van der Waals surface area (Å²) < 4.78 is 36.8. The van der Waals surface area contributed by atoms with Gasteiger partial charge in [0.2, 0.25) is 0 Å². The number of carboxylic acids is 1. The molecule has 0 saturated heterocycles. The van der Waals surface area contributed by atoms with Crippen LogP contribution in [0, 0.1) is 5.92 Å². The van der Waals surface area contributed by atoms with Crippen molar-refractivity contribution < 1.29 is 22.9 Å². The molecule has 2 rings (SSSR count). The van der Waals surface area contributed by atoms with E-state index in [-0.39, 0.29) is 10.6 Å². The molecule has 2 unspecified atom stereocenters. The number of sulfone groups is 1. The van der Waals surface area contributed by atoms with E-state index in [4.69, 9.17) is 0 Å². The van der Waals surface area contributed by atoms with E-state index in [0.717, 1.165) is 0 Å². The molecule has 0 fully saturated rings. The summed E-state index contributed by atoms with van der Waals surface area (Å²) in [6.07, 6.45) is 0. The van der Waals surface area contributed by atoms with E-state index in [9.17, 15) is 22.9 Å². The van der Waals surface area contributed by atoms with E-state index in [0.29, 0.717) is 4.90 Å². The Labute approximate surface area is 138 Å². The van der Waals surface area contributed by atoms with Crippen LogP contribution in [0.25, 0.3) is 0 Å².